The average molecular weight is 315 g/mol. The van der Waals surface area contributed by atoms with Crippen LogP contribution >= 0.6 is 0 Å². The van der Waals surface area contributed by atoms with Gasteiger partial charge in [-0.05, 0) is 46.1 Å². The Morgan fingerprint density at radius 2 is 2.17 bits per heavy atom. The summed E-state index contributed by atoms with van der Waals surface area (Å²) in [5.41, 5.74) is 2.05. The van der Waals surface area contributed by atoms with Crippen LogP contribution < -0.4 is 5.32 Å². The average Bonchev–Trinajstić information content (AvgIpc) is 3.06. The molecule has 3 rings (SSSR count). The Hall–Kier alpha value is -2.44. The molecule has 0 radical (unpaired) electrons. The number of aromatic amines is 1. The maximum Gasteiger partial charge on any atom is 0.309 e. The summed E-state index contributed by atoms with van der Waals surface area (Å²) in [6.07, 6.45) is 2.12. The van der Waals surface area contributed by atoms with E-state index in [0.717, 1.165) is 23.5 Å². The van der Waals surface area contributed by atoms with Gasteiger partial charge in [0.1, 0.15) is 0 Å². The fourth-order valence-corrected chi connectivity index (χ4v) is 3.14. The van der Waals surface area contributed by atoms with Crippen LogP contribution in [0, 0.1) is 19.3 Å². The minimum Gasteiger partial charge on any atom is -0.481 e. The van der Waals surface area contributed by atoms with Crippen molar-refractivity contribution in [3.05, 3.63) is 29.2 Å². The monoisotopic (exact) mass is 315 g/mol. The Labute approximate surface area is 134 Å². The summed E-state index contributed by atoms with van der Waals surface area (Å²) in [4.78, 5) is 20.4. The number of nitrogens with zero attached hydrogens (tertiary/aromatic N) is 3. The van der Waals surface area contributed by atoms with Crippen LogP contribution in [0.5, 0.6) is 0 Å². The largest absolute Gasteiger partial charge is 0.481 e. The first-order valence-corrected chi connectivity index (χ1v) is 7.74. The molecule has 122 valence electrons. The molecule has 7 heteroatoms. The van der Waals surface area contributed by atoms with Crippen LogP contribution in [0.4, 0.5) is 11.8 Å². The Balaban J connectivity index is 1.82. The number of aromatic nitrogens is 4. The van der Waals surface area contributed by atoms with Gasteiger partial charge in [-0.2, -0.15) is 5.10 Å². The molecule has 1 saturated carbocycles. The Kier molecular flexibility index (Phi) is 3.79. The van der Waals surface area contributed by atoms with Crippen molar-refractivity contribution in [2.45, 2.75) is 46.0 Å². The van der Waals surface area contributed by atoms with E-state index in [-0.39, 0.29) is 5.92 Å². The first-order chi connectivity index (χ1) is 10.9. The maximum atomic E-state index is 11.4. The molecule has 1 aliphatic carbocycles. The standard InChI is InChI=1S/C16H21N5O2/c1-9-6-12(11-4-5-16(3,8-11)14(22)23)18-15(17-9)19-13-7-10(2)20-21-13/h6-7,11H,4-5,8H2,1-3H3,(H,22,23)(H2,17,18,19,20,21)/t11-,16-/m1/s1. The number of hydrogen-bond acceptors (Lipinski definition) is 5. The van der Waals surface area contributed by atoms with Gasteiger partial charge >= 0.3 is 5.97 Å². The zero-order chi connectivity index (χ0) is 16.6. The highest BCUT2D eigenvalue weighted by molar-refractivity contribution is 5.74. The Bertz CT molecular complexity index is 742. The van der Waals surface area contributed by atoms with Gasteiger partial charge in [0.2, 0.25) is 5.95 Å². The van der Waals surface area contributed by atoms with E-state index in [1.807, 2.05) is 32.9 Å². The number of aryl methyl sites for hydroxylation is 2. The smallest absolute Gasteiger partial charge is 0.309 e. The lowest BCUT2D eigenvalue weighted by atomic mass is 9.87. The minimum atomic E-state index is -0.726. The van der Waals surface area contributed by atoms with Gasteiger partial charge in [0.25, 0.3) is 0 Å². The van der Waals surface area contributed by atoms with Gasteiger partial charge in [-0.25, -0.2) is 9.97 Å². The number of carboxylic acid groups (broad SMARTS) is 1. The van der Waals surface area contributed by atoms with Crippen molar-refractivity contribution in [2.75, 3.05) is 5.32 Å². The van der Waals surface area contributed by atoms with E-state index in [0.29, 0.717) is 24.6 Å². The van der Waals surface area contributed by atoms with Crippen LogP contribution in [0.2, 0.25) is 0 Å². The number of carboxylic acids is 1. The van der Waals surface area contributed by atoms with Crippen molar-refractivity contribution in [1.82, 2.24) is 20.2 Å². The van der Waals surface area contributed by atoms with Gasteiger partial charge in [0.05, 0.1) is 5.41 Å². The van der Waals surface area contributed by atoms with Crippen molar-refractivity contribution in [3.8, 4) is 0 Å². The minimum absolute atomic E-state index is 0.152. The second-order valence-corrected chi connectivity index (χ2v) is 6.62. The van der Waals surface area contributed by atoms with Gasteiger partial charge in [0, 0.05) is 29.1 Å². The highest BCUT2D eigenvalue weighted by Crippen LogP contribution is 2.46. The number of hydrogen-bond donors (Lipinski definition) is 3. The molecule has 1 aliphatic rings. The lowest BCUT2D eigenvalue weighted by Crippen LogP contribution is -2.23. The molecule has 2 aromatic heterocycles. The third-order valence-electron chi connectivity index (χ3n) is 4.50. The van der Waals surface area contributed by atoms with Crippen molar-refractivity contribution >= 4 is 17.7 Å². The first kappa shape index (κ1) is 15.5. The molecule has 3 N–H and O–H groups in total. The molecule has 23 heavy (non-hydrogen) atoms. The first-order valence-electron chi connectivity index (χ1n) is 7.74. The molecule has 0 aliphatic heterocycles. The molecular weight excluding hydrogens is 294 g/mol. The fourth-order valence-electron chi connectivity index (χ4n) is 3.14. The summed E-state index contributed by atoms with van der Waals surface area (Å²) in [6, 6.07) is 3.82. The van der Waals surface area contributed by atoms with E-state index >= 15 is 0 Å². The lowest BCUT2D eigenvalue weighted by molar-refractivity contribution is -0.147. The zero-order valence-electron chi connectivity index (χ0n) is 13.6. The van der Waals surface area contributed by atoms with Crippen molar-refractivity contribution in [2.24, 2.45) is 5.41 Å². The summed E-state index contributed by atoms with van der Waals surface area (Å²) < 4.78 is 0. The Morgan fingerprint density at radius 3 is 2.78 bits per heavy atom. The summed E-state index contributed by atoms with van der Waals surface area (Å²) in [5, 5.41) is 19.5. The van der Waals surface area contributed by atoms with Crippen LogP contribution in [-0.2, 0) is 4.79 Å². The lowest BCUT2D eigenvalue weighted by Gasteiger charge is -2.18. The second kappa shape index (κ2) is 5.64. The third-order valence-corrected chi connectivity index (χ3v) is 4.50. The summed E-state index contributed by atoms with van der Waals surface area (Å²) in [7, 11) is 0. The van der Waals surface area contributed by atoms with Crippen molar-refractivity contribution < 1.29 is 9.90 Å². The molecule has 2 atom stereocenters. The fraction of sp³-hybridized carbons (Fsp3) is 0.500. The number of H-pyrrole nitrogens is 1. The molecule has 2 aromatic rings. The normalized spacial score (nSPS) is 23.9. The number of anilines is 2. The number of aliphatic carboxylic acids is 1. The predicted octanol–water partition coefficient (Wildman–Crippen LogP) is 2.92. The topological polar surface area (TPSA) is 104 Å². The molecule has 2 heterocycles. The van der Waals surface area contributed by atoms with E-state index in [2.05, 4.69) is 25.5 Å². The summed E-state index contributed by atoms with van der Waals surface area (Å²) in [6.45, 7) is 5.65. The molecule has 0 bridgehead atoms. The molecule has 1 fully saturated rings. The highest BCUT2D eigenvalue weighted by Gasteiger charge is 2.42. The van der Waals surface area contributed by atoms with E-state index in [1.54, 1.807) is 0 Å². The summed E-state index contributed by atoms with van der Waals surface area (Å²) >= 11 is 0. The van der Waals surface area contributed by atoms with Crippen LogP contribution in [0.15, 0.2) is 12.1 Å². The van der Waals surface area contributed by atoms with E-state index in [1.165, 1.54) is 0 Å². The molecule has 7 nitrogen and oxygen atoms in total. The molecule has 0 amide bonds. The molecular formula is C16H21N5O2. The van der Waals surface area contributed by atoms with Crippen LogP contribution in [0.3, 0.4) is 0 Å². The van der Waals surface area contributed by atoms with Crippen LogP contribution in [-0.4, -0.2) is 31.2 Å². The quantitative estimate of drug-likeness (QED) is 0.801. The van der Waals surface area contributed by atoms with E-state index in [4.69, 9.17) is 0 Å². The van der Waals surface area contributed by atoms with Gasteiger partial charge in [-0.3, -0.25) is 9.89 Å². The third kappa shape index (κ3) is 3.18. The van der Waals surface area contributed by atoms with Gasteiger partial charge in [0.15, 0.2) is 5.82 Å². The number of nitrogens with one attached hydrogen (secondary N) is 2. The van der Waals surface area contributed by atoms with Gasteiger partial charge in [-0.1, -0.05) is 0 Å². The predicted molar refractivity (Wildman–Crippen MR) is 85.7 cm³/mol. The molecule has 0 unspecified atom stereocenters. The van der Waals surface area contributed by atoms with Crippen molar-refractivity contribution in [3.63, 3.8) is 0 Å². The number of carbonyl (C=O) groups is 1. The maximum absolute atomic E-state index is 11.4. The van der Waals surface area contributed by atoms with Crippen LogP contribution in [0.25, 0.3) is 0 Å². The van der Waals surface area contributed by atoms with E-state index < -0.39 is 11.4 Å². The molecule has 0 aromatic carbocycles. The van der Waals surface area contributed by atoms with Gasteiger partial charge < -0.3 is 10.4 Å². The SMILES string of the molecule is Cc1cc([C@@H]2CC[C@@](C)(C(=O)O)C2)nc(Nc2cc(C)[nH]n2)n1. The van der Waals surface area contributed by atoms with E-state index in [9.17, 15) is 9.90 Å². The van der Waals surface area contributed by atoms with Crippen molar-refractivity contribution in [1.29, 1.82) is 0 Å². The molecule has 0 saturated heterocycles. The highest BCUT2D eigenvalue weighted by atomic mass is 16.4. The second-order valence-electron chi connectivity index (χ2n) is 6.62. The molecule has 0 spiro atoms. The summed E-state index contributed by atoms with van der Waals surface area (Å²) in [5.74, 6) is 0.590. The van der Waals surface area contributed by atoms with Gasteiger partial charge in [-0.15, -0.1) is 0 Å². The zero-order valence-corrected chi connectivity index (χ0v) is 13.6. The van der Waals surface area contributed by atoms with Crippen LogP contribution in [0.1, 0.15) is 49.2 Å². The number of rotatable bonds is 4. The Morgan fingerprint density at radius 1 is 1.39 bits per heavy atom.